The zero-order valence-electron chi connectivity index (χ0n) is 13.0. The van der Waals surface area contributed by atoms with E-state index in [9.17, 15) is 9.90 Å². The standard InChI is InChI=1S/C18H18O5/c1-21-12-16(18(20)22-2)15-8-3-4-9-17(15)23-14-7-5-6-13(10-14)11-19/h3-10,12,19H,11H2,1-2H3/b16-12+. The Kier molecular flexibility index (Phi) is 5.77. The predicted molar refractivity (Wildman–Crippen MR) is 85.9 cm³/mol. The lowest BCUT2D eigenvalue weighted by Gasteiger charge is -2.13. The van der Waals surface area contributed by atoms with Crippen LogP contribution in [0, 0.1) is 0 Å². The molecule has 5 heteroatoms. The number of hydrogen-bond acceptors (Lipinski definition) is 5. The van der Waals surface area contributed by atoms with E-state index in [4.69, 9.17) is 14.2 Å². The molecule has 0 radical (unpaired) electrons. The van der Waals surface area contributed by atoms with Crippen LogP contribution in [0.25, 0.3) is 5.57 Å². The third kappa shape index (κ3) is 4.11. The molecule has 0 atom stereocenters. The number of carbonyl (C=O) groups excluding carboxylic acids is 1. The van der Waals surface area contributed by atoms with Gasteiger partial charge < -0.3 is 19.3 Å². The molecular weight excluding hydrogens is 296 g/mol. The van der Waals surface area contributed by atoms with Crippen molar-refractivity contribution in [2.75, 3.05) is 14.2 Å². The maximum absolute atomic E-state index is 11.9. The molecule has 0 saturated heterocycles. The Morgan fingerprint density at radius 3 is 2.61 bits per heavy atom. The van der Waals surface area contributed by atoms with Crippen molar-refractivity contribution in [3.8, 4) is 11.5 Å². The molecule has 0 amide bonds. The summed E-state index contributed by atoms with van der Waals surface area (Å²) in [5.74, 6) is 0.522. The van der Waals surface area contributed by atoms with E-state index in [2.05, 4.69) is 0 Å². The molecule has 0 aliphatic carbocycles. The normalized spacial score (nSPS) is 11.0. The highest BCUT2D eigenvalue weighted by molar-refractivity contribution is 6.17. The summed E-state index contributed by atoms with van der Waals surface area (Å²) < 4.78 is 15.6. The van der Waals surface area contributed by atoms with E-state index in [0.717, 1.165) is 5.56 Å². The first-order chi connectivity index (χ1) is 11.2. The number of aliphatic hydroxyl groups is 1. The van der Waals surface area contributed by atoms with Gasteiger partial charge in [-0.15, -0.1) is 0 Å². The van der Waals surface area contributed by atoms with Crippen LogP contribution in [0.5, 0.6) is 11.5 Å². The minimum Gasteiger partial charge on any atom is -0.503 e. The van der Waals surface area contributed by atoms with Crippen molar-refractivity contribution in [1.82, 2.24) is 0 Å². The third-order valence-corrected chi connectivity index (χ3v) is 3.13. The third-order valence-electron chi connectivity index (χ3n) is 3.13. The lowest BCUT2D eigenvalue weighted by molar-refractivity contribution is -0.133. The van der Waals surface area contributed by atoms with Crippen molar-refractivity contribution >= 4 is 11.5 Å². The van der Waals surface area contributed by atoms with Gasteiger partial charge in [-0.05, 0) is 23.8 Å². The Morgan fingerprint density at radius 2 is 1.91 bits per heavy atom. The van der Waals surface area contributed by atoms with Crippen LogP contribution >= 0.6 is 0 Å². The Morgan fingerprint density at radius 1 is 1.13 bits per heavy atom. The van der Waals surface area contributed by atoms with Crippen molar-refractivity contribution in [3.63, 3.8) is 0 Å². The molecule has 1 N–H and O–H groups in total. The maximum Gasteiger partial charge on any atom is 0.341 e. The van der Waals surface area contributed by atoms with Crippen molar-refractivity contribution in [2.45, 2.75) is 6.61 Å². The molecule has 2 rings (SSSR count). The number of esters is 1. The monoisotopic (exact) mass is 314 g/mol. The van der Waals surface area contributed by atoms with Crippen molar-refractivity contribution in [3.05, 3.63) is 65.9 Å². The molecule has 5 nitrogen and oxygen atoms in total. The Labute approximate surface area is 134 Å². The summed E-state index contributed by atoms with van der Waals surface area (Å²) in [6.45, 7) is -0.0736. The quantitative estimate of drug-likeness (QED) is 0.504. The highest BCUT2D eigenvalue weighted by Crippen LogP contribution is 2.31. The van der Waals surface area contributed by atoms with Gasteiger partial charge in [0.15, 0.2) is 0 Å². The summed E-state index contributed by atoms with van der Waals surface area (Å²) in [7, 11) is 2.76. The largest absolute Gasteiger partial charge is 0.503 e. The summed E-state index contributed by atoms with van der Waals surface area (Å²) in [6, 6.07) is 14.2. The number of methoxy groups -OCH3 is 2. The van der Waals surface area contributed by atoms with E-state index < -0.39 is 5.97 Å². The second-order valence-electron chi connectivity index (χ2n) is 4.66. The van der Waals surface area contributed by atoms with E-state index in [1.54, 1.807) is 48.5 Å². The molecule has 23 heavy (non-hydrogen) atoms. The molecule has 0 aliphatic rings. The van der Waals surface area contributed by atoms with Gasteiger partial charge >= 0.3 is 5.97 Å². The number of benzene rings is 2. The van der Waals surface area contributed by atoms with Gasteiger partial charge in [-0.3, -0.25) is 0 Å². The summed E-state index contributed by atoms with van der Waals surface area (Å²) in [4.78, 5) is 11.9. The number of ether oxygens (including phenoxy) is 3. The SMILES string of the molecule is CO/C=C(/C(=O)OC)c1ccccc1Oc1cccc(CO)c1. The van der Waals surface area contributed by atoms with Crippen LogP contribution in [-0.4, -0.2) is 25.3 Å². The average molecular weight is 314 g/mol. The van der Waals surface area contributed by atoms with E-state index in [-0.39, 0.29) is 12.2 Å². The van der Waals surface area contributed by atoms with Crippen LogP contribution in [0.4, 0.5) is 0 Å². The minimum absolute atomic E-state index is 0.0736. The fourth-order valence-electron chi connectivity index (χ4n) is 2.06. The summed E-state index contributed by atoms with van der Waals surface area (Å²) in [6.07, 6.45) is 1.32. The van der Waals surface area contributed by atoms with Crippen LogP contribution < -0.4 is 4.74 Å². The van der Waals surface area contributed by atoms with Crippen LogP contribution in [0.2, 0.25) is 0 Å². The second-order valence-corrected chi connectivity index (χ2v) is 4.66. The molecular formula is C18H18O5. The number of hydrogen-bond donors (Lipinski definition) is 1. The van der Waals surface area contributed by atoms with Gasteiger partial charge in [0.1, 0.15) is 17.1 Å². The first-order valence-corrected chi connectivity index (χ1v) is 6.98. The molecule has 0 unspecified atom stereocenters. The molecule has 120 valence electrons. The van der Waals surface area contributed by atoms with Crippen molar-refractivity contribution < 1.29 is 24.1 Å². The van der Waals surface area contributed by atoms with Gasteiger partial charge in [0.2, 0.25) is 0 Å². The molecule has 2 aromatic carbocycles. The highest BCUT2D eigenvalue weighted by Gasteiger charge is 2.18. The summed E-state index contributed by atoms with van der Waals surface area (Å²) in [5, 5.41) is 9.20. The highest BCUT2D eigenvalue weighted by atomic mass is 16.5. The number of carbonyl (C=O) groups is 1. The Hall–Kier alpha value is -2.79. The first-order valence-electron chi connectivity index (χ1n) is 6.98. The second kappa shape index (κ2) is 8.00. The number of aliphatic hydroxyl groups excluding tert-OH is 1. The predicted octanol–water partition coefficient (Wildman–Crippen LogP) is 3.13. The van der Waals surface area contributed by atoms with Gasteiger partial charge in [-0.1, -0.05) is 30.3 Å². The molecule has 0 fully saturated rings. The zero-order chi connectivity index (χ0) is 16.7. The van der Waals surface area contributed by atoms with Crippen LogP contribution in [0.15, 0.2) is 54.8 Å². The average Bonchev–Trinajstić information content (AvgIpc) is 2.60. The van der Waals surface area contributed by atoms with Crippen molar-refractivity contribution in [2.24, 2.45) is 0 Å². The van der Waals surface area contributed by atoms with Crippen LogP contribution in [0.3, 0.4) is 0 Å². The van der Waals surface area contributed by atoms with Crippen LogP contribution in [-0.2, 0) is 20.9 Å². The van der Waals surface area contributed by atoms with E-state index in [0.29, 0.717) is 17.1 Å². The van der Waals surface area contributed by atoms with Gasteiger partial charge in [-0.2, -0.15) is 0 Å². The molecule has 0 bridgehead atoms. The van der Waals surface area contributed by atoms with Crippen LogP contribution in [0.1, 0.15) is 11.1 Å². The minimum atomic E-state index is -0.521. The first kappa shape index (κ1) is 16.6. The lowest BCUT2D eigenvalue weighted by atomic mass is 10.1. The van der Waals surface area contributed by atoms with E-state index >= 15 is 0 Å². The number of para-hydroxylation sites is 1. The van der Waals surface area contributed by atoms with Gasteiger partial charge in [-0.25, -0.2) is 4.79 Å². The smallest absolute Gasteiger partial charge is 0.341 e. The summed E-state index contributed by atoms with van der Waals surface area (Å²) >= 11 is 0. The molecule has 0 saturated carbocycles. The Balaban J connectivity index is 2.40. The molecule has 0 aliphatic heterocycles. The lowest BCUT2D eigenvalue weighted by Crippen LogP contribution is -2.05. The van der Waals surface area contributed by atoms with Gasteiger partial charge in [0, 0.05) is 5.56 Å². The fourth-order valence-corrected chi connectivity index (χ4v) is 2.06. The molecule has 0 heterocycles. The fraction of sp³-hybridized carbons (Fsp3) is 0.167. The molecule has 0 aromatic heterocycles. The Bertz CT molecular complexity index is 706. The molecule has 0 spiro atoms. The summed E-state index contributed by atoms with van der Waals surface area (Å²) in [5.41, 5.74) is 1.54. The topological polar surface area (TPSA) is 65.0 Å². The van der Waals surface area contributed by atoms with E-state index in [1.807, 2.05) is 0 Å². The maximum atomic E-state index is 11.9. The van der Waals surface area contributed by atoms with Gasteiger partial charge in [0.25, 0.3) is 0 Å². The van der Waals surface area contributed by atoms with Crippen molar-refractivity contribution in [1.29, 1.82) is 0 Å². The molecule has 2 aromatic rings. The zero-order valence-corrected chi connectivity index (χ0v) is 13.0. The number of rotatable bonds is 6. The van der Waals surface area contributed by atoms with E-state index in [1.165, 1.54) is 20.5 Å². The van der Waals surface area contributed by atoms with Gasteiger partial charge in [0.05, 0.1) is 27.1 Å².